The summed E-state index contributed by atoms with van der Waals surface area (Å²) in [5.74, 6) is 4.90. The van der Waals surface area contributed by atoms with Gasteiger partial charge in [0.15, 0.2) is 0 Å². The summed E-state index contributed by atoms with van der Waals surface area (Å²) in [7, 11) is 0. The number of carbonyl (C=O) groups excluding carboxylic acids is 2. The van der Waals surface area contributed by atoms with Crippen LogP contribution in [0.25, 0.3) is 0 Å². The Labute approximate surface area is 203 Å². The first-order chi connectivity index (χ1) is 15.8. The molecule has 0 aliphatic carbocycles. The summed E-state index contributed by atoms with van der Waals surface area (Å²) in [6, 6.07) is 13.6. The van der Waals surface area contributed by atoms with Crippen molar-refractivity contribution in [2.45, 2.75) is 0 Å². The van der Waals surface area contributed by atoms with Crippen molar-refractivity contribution in [3.05, 3.63) is 91.0 Å². The monoisotopic (exact) mass is 487 g/mol. The largest absolute Gasteiger partial charge is 0.399 e. The Kier molecular flexibility index (Phi) is 15.7. The Morgan fingerprint density at radius 2 is 1.73 bits per heavy atom. The van der Waals surface area contributed by atoms with E-state index in [9.17, 15) is 9.59 Å². The first-order valence-electron chi connectivity index (χ1n) is 9.10. The van der Waals surface area contributed by atoms with Crippen molar-refractivity contribution < 1.29 is 9.59 Å². The third-order valence-electron chi connectivity index (χ3n) is 3.17. The molecule has 0 saturated carbocycles. The molecule has 2 aromatic carbocycles. The molecule has 0 unspecified atom stereocenters. The second kappa shape index (κ2) is 17.8. The molecule has 8 N–H and O–H groups in total. The molecule has 174 valence electrons. The smallest absolute Gasteiger partial charge is 0.255 e. The second-order valence-corrected chi connectivity index (χ2v) is 6.33. The van der Waals surface area contributed by atoms with Gasteiger partial charge in [0, 0.05) is 29.4 Å². The Bertz CT molecular complexity index is 1010. The Morgan fingerprint density at radius 1 is 1.12 bits per heavy atom. The molecule has 0 heterocycles. The number of nitrogen functional groups attached to an aromatic ring is 1. The highest BCUT2D eigenvalue weighted by atomic mass is 35.5. The maximum atomic E-state index is 12.2. The second-order valence-electron chi connectivity index (χ2n) is 5.59. The van der Waals surface area contributed by atoms with E-state index >= 15 is 0 Å². The molecule has 0 aromatic heterocycles. The number of halogens is 1. The Hall–Kier alpha value is -3.86. The molecule has 0 saturated heterocycles. The van der Waals surface area contributed by atoms with Crippen LogP contribution in [0.3, 0.4) is 0 Å². The van der Waals surface area contributed by atoms with E-state index in [0.717, 1.165) is 6.08 Å². The molecular weight excluding hydrogens is 462 g/mol. The van der Waals surface area contributed by atoms with Gasteiger partial charge in [-0.25, -0.2) is 9.98 Å². The number of hydrazine groups is 1. The molecule has 33 heavy (non-hydrogen) atoms. The van der Waals surface area contributed by atoms with E-state index in [4.69, 9.17) is 28.9 Å². The van der Waals surface area contributed by atoms with Crippen LogP contribution in [-0.2, 0) is 4.79 Å². The number of nitrogens with two attached hydrogens (primary N) is 3. The fourth-order valence-electron chi connectivity index (χ4n) is 1.87. The topological polar surface area (TPSA) is 161 Å². The average molecular weight is 488 g/mol. The molecule has 0 fully saturated rings. The molecule has 0 aliphatic heterocycles. The van der Waals surface area contributed by atoms with Gasteiger partial charge in [0.1, 0.15) is 0 Å². The summed E-state index contributed by atoms with van der Waals surface area (Å²) < 4.78 is 0. The van der Waals surface area contributed by atoms with Gasteiger partial charge in [-0.1, -0.05) is 19.2 Å². The first-order valence-corrected chi connectivity index (χ1v) is 10.00. The molecule has 0 atom stereocenters. The minimum absolute atomic E-state index is 0.0729. The number of thiol groups is 1. The van der Waals surface area contributed by atoms with Crippen molar-refractivity contribution >= 4 is 64.6 Å². The number of nitrogens with zero attached hydrogens (tertiary/aromatic N) is 2. The van der Waals surface area contributed by atoms with Gasteiger partial charge in [-0.05, 0) is 71.6 Å². The normalized spacial score (nSPS) is 10.3. The zero-order chi connectivity index (χ0) is 25.1. The molecule has 0 bridgehead atoms. The van der Waals surface area contributed by atoms with E-state index in [1.807, 2.05) is 0 Å². The number of carbonyl (C=O) groups is 2. The zero-order valence-corrected chi connectivity index (χ0v) is 19.3. The van der Waals surface area contributed by atoms with Crippen LogP contribution in [0, 0.1) is 0 Å². The highest BCUT2D eigenvalue weighted by molar-refractivity contribution is 7.83. The molecule has 11 heteroatoms. The summed E-state index contributed by atoms with van der Waals surface area (Å²) >= 11 is 8.26. The maximum Gasteiger partial charge on any atom is 0.255 e. The van der Waals surface area contributed by atoms with Gasteiger partial charge in [-0.15, -0.1) is 0 Å². The quantitative estimate of drug-likeness (QED) is 0.0534. The van der Waals surface area contributed by atoms with Crippen molar-refractivity contribution in [1.29, 1.82) is 0 Å². The highest BCUT2D eigenvalue weighted by Gasteiger charge is 2.06. The fraction of sp³-hybridized carbons (Fsp3) is 0. The maximum absolute atomic E-state index is 12.2. The van der Waals surface area contributed by atoms with Gasteiger partial charge in [0.25, 0.3) is 5.91 Å². The van der Waals surface area contributed by atoms with E-state index < -0.39 is 5.24 Å². The third-order valence-corrected chi connectivity index (χ3v) is 3.32. The lowest BCUT2D eigenvalue weighted by Crippen LogP contribution is -2.13. The zero-order valence-electron chi connectivity index (χ0n) is 17.7. The lowest BCUT2D eigenvalue weighted by atomic mass is 10.2. The van der Waals surface area contributed by atoms with Gasteiger partial charge < -0.3 is 22.2 Å². The number of amides is 1. The minimum Gasteiger partial charge on any atom is -0.399 e. The summed E-state index contributed by atoms with van der Waals surface area (Å²) in [6.07, 6.45) is 5.56. The molecule has 2 aromatic rings. The number of rotatable bonds is 6. The first kappa shape index (κ1) is 29.1. The number of guanidine groups is 1. The Morgan fingerprint density at radius 3 is 2.27 bits per heavy atom. The fourth-order valence-corrected chi connectivity index (χ4v) is 1.87. The van der Waals surface area contributed by atoms with E-state index in [2.05, 4.69) is 46.5 Å². The van der Waals surface area contributed by atoms with Gasteiger partial charge in [0.2, 0.25) is 11.2 Å². The van der Waals surface area contributed by atoms with Gasteiger partial charge >= 0.3 is 0 Å². The van der Waals surface area contributed by atoms with Crippen molar-refractivity contribution in [3.63, 3.8) is 0 Å². The molecule has 0 aliphatic rings. The van der Waals surface area contributed by atoms with Crippen LogP contribution < -0.4 is 28.1 Å². The average Bonchev–Trinajstić information content (AvgIpc) is 2.78. The number of benzene rings is 2. The van der Waals surface area contributed by atoms with Crippen LogP contribution in [0.1, 0.15) is 10.4 Å². The van der Waals surface area contributed by atoms with Crippen LogP contribution in [0.2, 0.25) is 0 Å². The lowest BCUT2D eigenvalue weighted by molar-refractivity contribution is -0.107. The molecule has 1 amide bonds. The van der Waals surface area contributed by atoms with Crippen LogP contribution >= 0.6 is 24.2 Å². The number of hydrogen-bond acceptors (Lipinski definition) is 7. The van der Waals surface area contributed by atoms with Gasteiger partial charge in [-0.3, -0.25) is 15.4 Å². The summed E-state index contributed by atoms with van der Waals surface area (Å²) in [4.78, 5) is 29.7. The van der Waals surface area contributed by atoms with E-state index in [-0.39, 0.29) is 11.9 Å². The number of aliphatic imine (C=N–C) groups is 2. The molecule has 0 spiro atoms. The molecule has 2 rings (SSSR count). The van der Waals surface area contributed by atoms with E-state index in [1.54, 1.807) is 54.6 Å². The van der Waals surface area contributed by atoms with Crippen molar-refractivity contribution in [2.24, 2.45) is 21.6 Å². The third kappa shape index (κ3) is 14.7. The van der Waals surface area contributed by atoms with Crippen molar-refractivity contribution in [2.75, 3.05) is 11.1 Å². The van der Waals surface area contributed by atoms with Crippen LogP contribution in [0.5, 0.6) is 0 Å². The van der Waals surface area contributed by atoms with E-state index in [0.29, 0.717) is 22.6 Å². The number of nitrogens with one attached hydrogen (secondary N) is 2. The molecule has 9 nitrogen and oxygen atoms in total. The van der Waals surface area contributed by atoms with Crippen LogP contribution in [0.15, 0.2) is 95.4 Å². The standard InChI is InChI=1S/C17H19N7O.C3H3ClO.C2H4S/c18-13-7-5-12(6-8-13)16(25)23-14-3-1-4-15(11-14)24-17(19)21-9-2-10-22-20;1-2-3(4)5;1-2-3/h1-11,22H,18,20H2,(H2,19,24)(H,23,25);2H,1H2;2-3H,1H2/b10-2+,21-9+;;. The number of allylic oxidation sites excluding steroid dienone is 2. The SMILES string of the molecule is C=CC(=O)Cl.C=CS.NN/C=C/C=N/C(N)=Nc1cccc(NC(=O)c2ccc(N)cc2)c1. The van der Waals surface area contributed by atoms with Crippen molar-refractivity contribution in [1.82, 2.24) is 5.43 Å². The van der Waals surface area contributed by atoms with Crippen molar-refractivity contribution in [3.8, 4) is 0 Å². The van der Waals surface area contributed by atoms with Crippen LogP contribution in [-0.4, -0.2) is 23.3 Å². The number of anilines is 2. The number of hydrogen-bond donors (Lipinski definition) is 6. The molecular formula is C22H26ClN7O2S. The lowest BCUT2D eigenvalue weighted by Gasteiger charge is -2.06. The van der Waals surface area contributed by atoms with Crippen LogP contribution in [0.4, 0.5) is 17.1 Å². The summed E-state index contributed by atoms with van der Waals surface area (Å²) in [5.41, 5.74) is 15.9. The van der Waals surface area contributed by atoms with E-state index in [1.165, 1.54) is 17.8 Å². The predicted molar refractivity (Wildman–Crippen MR) is 142 cm³/mol. The summed E-state index contributed by atoms with van der Waals surface area (Å²) in [6.45, 7) is 6.30. The Balaban J connectivity index is 0.00000111. The minimum atomic E-state index is -0.509. The predicted octanol–water partition coefficient (Wildman–Crippen LogP) is 3.51. The molecule has 0 radical (unpaired) electrons. The summed E-state index contributed by atoms with van der Waals surface area (Å²) in [5, 5.41) is 3.72. The van der Waals surface area contributed by atoms with Gasteiger partial charge in [0.05, 0.1) is 5.69 Å². The van der Waals surface area contributed by atoms with Gasteiger partial charge in [-0.2, -0.15) is 12.6 Å². The highest BCUT2D eigenvalue weighted by Crippen LogP contribution is 2.19.